The number of carbonyl (C=O) groups is 1. The zero-order chi connectivity index (χ0) is 20.3. The molecule has 0 saturated carbocycles. The molecule has 0 fully saturated rings. The SMILES string of the molecule is CCc1cc(C(C)(C)CC(C)(C)C)cc(CC)c1OC(=O)OC(C)(C)C. The first kappa shape index (κ1) is 22.5. The third kappa shape index (κ3) is 6.66. The third-order valence-corrected chi connectivity index (χ3v) is 4.33. The minimum atomic E-state index is -0.636. The molecule has 0 N–H and O–H groups in total. The van der Waals surface area contributed by atoms with E-state index >= 15 is 0 Å². The van der Waals surface area contributed by atoms with Gasteiger partial charge < -0.3 is 9.47 Å². The molecule has 148 valence electrons. The van der Waals surface area contributed by atoms with Gasteiger partial charge in [0.25, 0.3) is 0 Å². The van der Waals surface area contributed by atoms with Gasteiger partial charge in [-0.15, -0.1) is 0 Å². The second kappa shape index (κ2) is 8.02. The van der Waals surface area contributed by atoms with Gasteiger partial charge in [-0.2, -0.15) is 0 Å². The molecule has 0 aliphatic rings. The van der Waals surface area contributed by atoms with E-state index in [1.54, 1.807) is 0 Å². The number of aryl methyl sites for hydroxylation is 2. The molecule has 26 heavy (non-hydrogen) atoms. The van der Waals surface area contributed by atoms with E-state index in [1.165, 1.54) is 5.56 Å². The van der Waals surface area contributed by atoms with Crippen molar-refractivity contribution in [3.05, 3.63) is 28.8 Å². The topological polar surface area (TPSA) is 35.5 Å². The fourth-order valence-electron chi connectivity index (χ4n) is 3.58. The maximum Gasteiger partial charge on any atom is 0.514 e. The first-order valence-electron chi connectivity index (χ1n) is 9.75. The van der Waals surface area contributed by atoms with Crippen molar-refractivity contribution in [1.82, 2.24) is 0 Å². The lowest BCUT2D eigenvalue weighted by atomic mass is 9.71. The van der Waals surface area contributed by atoms with Gasteiger partial charge in [0.05, 0.1) is 0 Å². The van der Waals surface area contributed by atoms with Crippen molar-refractivity contribution in [1.29, 1.82) is 0 Å². The van der Waals surface area contributed by atoms with Crippen LogP contribution < -0.4 is 4.74 Å². The minimum absolute atomic E-state index is 0.0521. The van der Waals surface area contributed by atoms with Crippen molar-refractivity contribution in [2.75, 3.05) is 0 Å². The first-order chi connectivity index (χ1) is 11.7. The number of benzene rings is 1. The Bertz CT molecular complexity index is 603. The maximum atomic E-state index is 12.2. The monoisotopic (exact) mass is 362 g/mol. The maximum absolute atomic E-state index is 12.2. The second-order valence-electron chi connectivity index (χ2n) is 10.0. The summed E-state index contributed by atoms with van der Waals surface area (Å²) in [5.74, 6) is 0.666. The van der Waals surface area contributed by atoms with Crippen LogP contribution in [0.3, 0.4) is 0 Å². The van der Waals surface area contributed by atoms with E-state index in [0.29, 0.717) is 5.75 Å². The van der Waals surface area contributed by atoms with Gasteiger partial charge in [-0.3, -0.25) is 0 Å². The van der Waals surface area contributed by atoms with E-state index < -0.39 is 11.8 Å². The fourth-order valence-corrected chi connectivity index (χ4v) is 3.58. The Balaban J connectivity index is 3.29. The predicted molar refractivity (Wildman–Crippen MR) is 109 cm³/mol. The van der Waals surface area contributed by atoms with Crippen LogP contribution in [0.15, 0.2) is 12.1 Å². The smallest absolute Gasteiger partial charge is 0.428 e. The van der Waals surface area contributed by atoms with E-state index in [4.69, 9.17) is 9.47 Å². The lowest BCUT2D eigenvalue weighted by Crippen LogP contribution is -2.27. The Morgan fingerprint density at radius 1 is 0.885 bits per heavy atom. The van der Waals surface area contributed by atoms with E-state index in [0.717, 1.165) is 30.4 Å². The first-order valence-corrected chi connectivity index (χ1v) is 9.75. The normalized spacial score (nSPS) is 12.8. The molecule has 0 aliphatic heterocycles. The van der Waals surface area contributed by atoms with Crippen molar-refractivity contribution in [3.8, 4) is 5.75 Å². The number of hydrogen-bond donors (Lipinski definition) is 0. The highest BCUT2D eigenvalue weighted by atomic mass is 16.7. The Morgan fingerprint density at radius 3 is 1.69 bits per heavy atom. The molecule has 0 radical (unpaired) electrons. The van der Waals surface area contributed by atoms with Gasteiger partial charge >= 0.3 is 6.16 Å². The van der Waals surface area contributed by atoms with Crippen LogP contribution in [-0.2, 0) is 23.0 Å². The highest BCUT2D eigenvalue weighted by Crippen LogP contribution is 2.39. The van der Waals surface area contributed by atoms with Crippen molar-refractivity contribution in [2.45, 2.75) is 99.5 Å². The van der Waals surface area contributed by atoms with Crippen LogP contribution in [0.5, 0.6) is 5.75 Å². The van der Waals surface area contributed by atoms with E-state index in [2.05, 4.69) is 60.6 Å². The van der Waals surface area contributed by atoms with Gasteiger partial charge in [0.2, 0.25) is 0 Å². The summed E-state index contributed by atoms with van der Waals surface area (Å²) in [5, 5.41) is 0. The molecular weight excluding hydrogens is 324 g/mol. The molecule has 0 saturated heterocycles. The molecule has 0 heterocycles. The van der Waals surface area contributed by atoms with Crippen molar-refractivity contribution < 1.29 is 14.3 Å². The number of ether oxygens (including phenoxy) is 2. The lowest BCUT2D eigenvalue weighted by molar-refractivity contribution is 0.0202. The van der Waals surface area contributed by atoms with Gasteiger partial charge in [-0.25, -0.2) is 4.79 Å². The molecule has 0 amide bonds. The van der Waals surface area contributed by atoms with Gasteiger partial charge in [0.15, 0.2) is 0 Å². The van der Waals surface area contributed by atoms with Crippen LogP contribution in [0.2, 0.25) is 0 Å². The average molecular weight is 363 g/mol. The van der Waals surface area contributed by atoms with E-state index in [1.807, 2.05) is 20.8 Å². The summed E-state index contributed by atoms with van der Waals surface area (Å²) in [6.07, 6.45) is 2.07. The molecule has 0 unspecified atom stereocenters. The van der Waals surface area contributed by atoms with Crippen molar-refractivity contribution in [2.24, 2.45) is 5.41 Å². The molecule has 1 aromatic carbocycles. The summed E-state index contributed by atoms with van der Waals surface area (Å²) in [6.45, 7) is 21.1. The standard InChI is InChI=1S/C23H38O3/c1-11-16-13-18(23(9,10)15-21(3,4)5)14-17(12-2)19(16)25-20(24)26-22(6,7)8/h13-14H,11-12,15H2,1-10H3. The molecule has 1 rings (SSSR count). The summed E-state index contributed by atoms with van der Waals surface area (Å²) in [5.41, 5.74) is 3.16. The van der Waals surface area contributed by atoms with Gasteiger partial charge in [-0.05, 0) is 67.6 Å². The van der Waals surface area contributed by atoms with Gasteiger partial charge in [-0.1, -0.05) is 60.6 Å². The summed E-state index contributed by atoms with van der Waals surface area (Å²) in [6, 6.07) is 4.40. The van der Waals surface area contributed by atoms with Crippen LogP contribution in [0.4, 0.5) is 4.79 Å². The van der Waals surface area contributed by atoms with Crippen molar-refractivity contribution >= 4 is 6.16 Å². The molecule has 0 aliphatic carbocycles. The Labute approximate surface area is 160 Å². The molecule has 3 heteroatoms. The molecular formula is C23H38O3. The Kier molecular flexibility index (Phi) is 6.95. The summed E-state index contributed by atoms with van der Waals surface area (Å²) >= 11 is 0. The number of rotatable bonds is 5. The van der Waals surface area contributed by atoms with Crippen LogP contribution in [0.1, 0.15) is 92.3 Å². The zero-order valence-corrected chi connectivity index (χ0v) is 18.5. The Hall–Kier alpha value is -1.51. The van der Waals surface area contributed by atoms with Crippen LogP contribution in [-0.4, -0.2) is 11.8 Å². The molecule has 3 nitrogen and oxygen atoms in total. The zero-order valence-electron chi connectivity index (χ0n) is 18.5. The van der Waals surface area contributed by atoms with E-state index in [-0.39, 0.29) is 10.8 Å². The number of carbonyl (C=O) groups excluding carboxylic acids is 1. The molecule has 0 bridgehead atoms. The van der Waals surface area contributed by atoms with Crippen LogP contribution in [0, 0.1) is 5.41 Å². The van der Waals surface area contributed by atoms with Crippen LogP contribution in [0.25, 0.3) is 0 Å². The van der Waals surface area contributed by atoms with Gasteiger partial charge in [0.1, 0.15) is 11.4 Å². The summed E-state index contributed by atoms with van der Waals surface area (Å²) in [7, 11) is 0. The molecule has 0 spiro atoms. The molecule has 0 atom stereocenters. The lowest BCUT2D eigenvalue weighted by Gasteiger charge is -2.34. The quantitative estimate of drug-likeness (QED) is 0.425. The van der Waals surface area contributed by atoms with Crippen LogP contribution >= 0.6 is 0 Å². The number of hydrogen-bond acceptors (Lipinski definition) is 3. The van der Waals surface area contributed by atoms with Crippen molar-refractivity contribution in [3.63, 3.8) is 0 Å². The fraction of sp³-hybridized carbons (Fsp3) is 0.696. The summed E-state index contributed by atoms with van der Waals surface area (Å²) in [4.78, 5) is 12.2. The highest BCUT2D eigenvalue weighted by Gasteiger charge is 2.29. The summed E-state index contributed by atoms with van der Waals surface area (Å²) < 4.78 is 11.0. The average Bonchev–Trinajstić information content (AvgIpc) is 2.42. The molecule has 1 aromatic rings. The second-order valence-corrected chi connectivity index (χ2v) is 10.0. The third-order valence-electron chi connectivity index (χ3n) is 4.33. The molecule has 0 aromatic heterocycles. The highest BCUT2D eigenvalue weighted by molar-refractivity contribution is 5.66. The largest absolute Gasteiger partial charge is 0.514 e. The predicted octanol–water partition coefficient (Wildman–Crippen LogP) is 6.84. The minimum Gasteiger partial charge on any atom is -0.428 e. The Morgan fingerprint density at radius 2 is 1.35 bits per heavy atom. The van der Waals surface area contributed by atoms with E-state index in [9.17, 15) is 4.79 Å². The van der Waals surface area contributed by atoms with Gasteiger partial charge in [0, 0.05) is 0 Å².